The number of furan rings is 1. The topological polar surface area (TPSA) is 80.5 Å². The number of sulfone groups is 1. The lowest BCUT2D eigenvalue weighted by Crippen LogP contribution is -2.31. The number of amides is 1. The van der Waals surface area contributed by atoms with Gasteiger partial charge in [0.15, 0.2) is 15.0 Å². The molecule has 6 nitrogen and oxygen atoms in total. The van der Waals surface area contributed by atoms with E-state index in [9.17, 15) is 13.2 Å². The molecule has 0 bridgehead atoms. The summed E-state index contributed by atoms with van der Waals surface area (Å²) >= 11 is 1.40. The minimum atomic E-state index is -3.58. The fraction of sp³-hybridized carbons (Fsp3) is 0.182. The van der Waals surface area contributed by atoms with E-state index in [0.717, 1.165) is 22.9 Å². The Bertz CT molecular complexity index is 1310. The molecule has 0 saturated carbocycles. The second kappa shape index (κ2) is 8.04. The number of nitrogens with zero attached hydrogens (tertiary/aromatic N) is 2. The number of anilines is 1. The van der Waals surface area contributed by atoms with Gasteiger partial charge in [0.2, 0.25) is 0 Å². The molecule has 0 radical (unpaired) electrons. The highest BCUT2D eigenvalue weighted by Crippen LogP contribution is 2.32. The summed E-state index contributed by atoms with van der Waals surface area (Å²) in [5.74, 6) is 0.135. The summed E-state index contributed by atoms with van der Waals surface area (Å²) in [6.45, 7) is 2.22. The van der Waals surface area contributed by atoms with Gasteiger partial charge in [-0.2, -0.15) is 0 Å². The van der Waals surface area contributed by atoms with Crippen molar-refractivity contribution in [3.63, 3.8) is 0 Å². The molecule has 0 aliphatic carbocycles. The van der Waals surface area contributed by atoms with Crippen molar-refractivity contribution in [3.05, 3.63) is 77.7 Å². The molecule has 0 aliphatic rings. The molecule has 0 aliphatic heterocycles. The van der Waals surface area contributed by atoms with Gasteiger partial charge in [0, 0.05) is 6.26 Å². The Morgan fingerprint density at radius 1 is 1.13 bits per heavy atom. The average Bonchev–Trinajstić information content (AvgIpc) is 3.39. The number of aromatic nitrogens is 1. The molecule has 4 rings (SSSR count). The molecule has 2 heterocycles. The minimum absolute atomic E-state index is 0.00572. The standard InChI is InChI=1S/C22H20N2O4S2/c1-3-15-10-11-18-19(13-15)29-22(23-18)24(14-16-7-6-12-28-16)21(25)17-8-4-5-9-20(17)30(2,26)27/h4-13H,3,14H2,1-2H3. The maximum Gasteiger partial charge on any atom is 0.261 e. The highest BCUT2D eigenvalue weighted by atomic mass is 32.2. The summed E-state index contributed by atoms with van der Waals surface area (Å²) in [6.07, 6.45) is 3.54. The van der Waals surface area contributed by atoms with E-state index < -0.39 is 15.7 Å². The van der Waals surface area contributed by atoms with Crippen molar-refractivity contribution >= 4 is 42.4 Å². The third kappa shape index (κ3) is 4.01. The lowest BCUT2D eigenvalue weighted by molar-refractivity contribution is 0.0980. The Morgan fingerprint density at radius 3 is 2.63 bits per heavy atom. The van der Waals surface area contributed by atoms with E-state index in [1.165, 1.54) is 40.2 Å². The van der Waals surface area contributed by atoms with Gasteiger partial charge in [0.05, 0.1) is 33.5 Å². The van der Waals surface area contributed by atoms with Crippen molar-refractivity contribution in [2.75, 3.05) is 11.2 Å². The molecule has 0 atom stereocenters. The van der Waals surface area contributed by atoms with Crippen LogP contribution in [0.4, 0.5) is 5.13 Å². The van der Waals surface area contributed by atoms with Crippen LogP contribution in [-0.4, -0.2) is 25.6 Å². The fourth-order valence-electron chi connectivity index (χ4n) is 3.19. The molecular formula is C22H20N2O4S2. The number of rotatable bonds is 6. The first kappa shape index (κ1) is 20.3. The van der Waals surface area contributed by atoms with Crippen LogP contribution < -0.4 is 4.90 Å². The quantitative estimate of drug-likeness (QED) is 0.434. The van der Waals surface area contributed by atoms with Gasteiger partial charge in [-0.15, -0.1) is 0 Å². The molecule has 2 aromatic carbocycles. The zero-order valence-corrected chi connectivity index (χ0v) is 18.2. The SMILES string of the molecule is CCc1ccc2nc(N(Cc3ccco3)C(=O)c3ccccc3S(C)(=O)=O)sc2c1. The van der Waals surface area contributed by atoms with E-state index in [0.29, 0.717) is 10.9 Å². The number of aryl methyl sites for hydroxylation is 1. The zero-order chi connectivity index (χ0) is 21.3. The van der Waals surface area contributed by atoms with Crippen molar-refractivity contribution < 1.29 is 17.6 Å². The number of hydrogen-bond donors (Lipinski definition) is 0. The van der Waals surface area contributed by atoms with Crippen LogP contribution in [-0.2, 0) is 22.8 Å². The van der Waals surface area contributed by atoms with Crippen LogP contribution in [0, 0.1) is 0 Å². The molecular weight excluding hydrogens is 420 g/mol. The zero-order valence-electron chi connectivity index (χ0n) is 16.5. The molecule has 154 valence electrons. The first-order chi connectivity index (χ1) is 14.4. The predicted molar refractivity (Wildman–Crippen MR) is 118 cm³/mol. The van der Waals surface area contributed by atoms with Gasteiger partial charge in [0.25, 0.3) is 5.91 Å². The summed E-state index contributed by atoms with van der Waals surface area (Å²) in [6, 6.07) is 15.8. The number of carbonyl (C=O) groups is 1. The Labute approximate surface area is 178 Å². The number of carbonyl (C=O) groups excluding carboxylic acids is 1. The van der Waals surface area contributed by atoms with Crippen molar-refractivity contribution in [2.45, 2.75) is 24.8 Å². The van der Waals surface area contributed by atoms with Gasteiger partial charge in [-0.3, -0.25) is 9.69 Å². The van der Waals surface area contributed by atoms with Crippen molar-refractivity contribution in [1.29, 1.82) is 0 Å². The Morgan fingerprint density at radius 2 is 1.93 bits per heavy atom. The summed E-state index contributed by atoms with van der Waals surface area (Å²) in [5.41, 5.74) is 2.09. The third-order valence-electron chi connectivity index (χ3n) is 4.74. The smallest absolute Gasteiger partial charge is 0.261 e. The molecule has 4 aromatic rings. The van der Waals surface area contributed by atoms with E-state index in [2.05, 4.69) is 18.0 Å². The molecule has 0 spiro atoms. The van der Waals surface area contributed by atoms with E-state index >= 15 is 0 Å². The molecule has 0 fully saturated rings. The van der Waals surface area contributed by atoms with E-state index in [1.54, 1.807) is 24.3 Å². The third-order valence-corrected chi connectivity index (χ3v) is 6.93. The fourth-order valence-corrected chi connectivity index (χ4v) is 5.10. The number of hydrogen-bond acceptors (Lipinski definition) is 6. The summed E-state index contributed by atoms with van der Waals surface area (Å²) in [7, 11) is -3.58. The van der Waals surface area contributed by atoms with Crippen LogP contribution in [0.15, 0.2) is 70.2 Å². The van der Waals surface area contributed by atoms with Crippen molar-refractivity contribution in [1.82, 2.24) is 4.98 Å². The summed E-state index contributed by atoms with van der Waals surface area (Å²) in [5, 5.41) is 0.489. The van der Waals surface area contributed by atoms with Gasteiger partial charge in [0.1, 0.15) is 5.76 Å². The second-order valence-electron chi connectivity index (χ2n) is 6.89. The Kier molecular flexibility index (Phi) is 5.44. The summed E-state index contributed by atoms with van der Waals surface area (Å²) < 4.78 is 30.9. The van der Waals surface area contributed by atoms with E-state index in [4.69, 9.17) is 4.42 Å². The van der Waals surface area contributed by atoms with Crippen LogP contribution in [0.3, 0.4) is 0 Å². The largest absolute Gasteiger partial charge is 0.467 e. The second-order valence-corrected chi connectivity index (χ2v) is 9.88. The minimum Gasteiger partial charge on any atom is -0.467 e. The van der Waals surface area contributed by atoms with E-state index in [-0.39, 0.29) is 17.0 Å². The highest BCUT2D eigenvalue weighted by Gasteiger charge is 2.27. The number of thiazole rings is 1. The van der Waals surface area contributed by atoms with Crippen LogP contribution in [0.25, 0.3) is 10.2 Å². The maximum absolute atomic E-state index is 13.5. The highest BCUT2D eigenvalue weighted by molar-refractivity contribution is 7.90. The van der Waals surface area contributed by atoms with E-state index in [1.807, 2.05) is 12.1 Å². The lowest BCUT2D eigenvalue weighted by Gasteiger charge is -2.20. The lowest BCUT2D eigenvalue weighted by atomic mass is 10.2. The van der Waals surface area contributed by atoms with Crippen LogP contribution in [0.5, 0.6) is 0 Å². The molecule has 2 aromatic heterocycles. The maximum atomic E-state index is 13.5. The van der Waals surface area contributed by atoms with Gasteiger partial charge >= 0.3 is 0 Å². The summed E-state index contributed by atoms with van der Waals surface area (Å²) in [4.78, 5) is 19.6. The monoisotopic (exact) mass is 440 g/mol. The molecule has 8 heteroatoms. The van der Waals surface area contributed by atoms with Crippen LogP contribution in [0.2, 0.25) is 0 Å². The van der Waals surface area contributed by atoms with Gasteiger partial charge < -0.3 is 4.42 Å². The van der Waals surface area contributed by atoms with Crippen LogP contribution in [0.1, 0.15) is 28.6 Å². The molecule has 1 amide bonds. The average molecular weight is 441 g/mol. The van der Waals surface area contributed by atoms with Crippen molar-refractivity contribution in [2.24, 2.45) is 0 Å². The Balaban J connectivity index is 1.82. The molecule has 30 heavy (non-hydrogen) atoms. The van der Waals surface area contributed by atoms with Gasteiger partial charge in [-0.05, 0) is 48.4 Å². The van der Waals surface area contributed by atoms with Crippen LogP contribution >= 0.6 is 11.3 Å². The molecule has 0 N–H and O–H groups in total. The Hall–Kier alpha value is -2.97. The first-order valence-corrected chi connectivity index (χ1v) is 12.1. The number of benzene rings is 2. The first-order valence-electron chi connectivity index (χ1n) is 9.39. The normalized spacial score (nSPS) is 11.7. The predicted octanol–water partition coefficient (Wildman–Crippen LogP) is 4.70. The van der Waals surface area contributed by atoms with Gasteiger partial charge in [-0.1, -0.05) is 36.5 Å². The number of fused-ring (bicyclic) bond motifs is 1. The molecule has 0 unspecified atom stereocenters. The van der Waals surface area contributed by atoms with Gasteiger partial charge in [-0.25, -0.2) is 13.4 Å². The molecule has 0 saturated heterocycles. The van der Waals surface area contributed by atoms with Crippen molar-refractivity contribution in [3.8, 4) is 0 Å².